The van der Waals surface area contributed by atoms with Crippen molar-refractivity contribution >= 4 is 17.7 Å². The van der Waals surface area contributed by atoms with E-state index in [2.05, 4.69) is 5.32 Å². The molecule has 0 radical (unpaired) electrons. The zero-order valence-corrected chi connectivity index (χ0v) is 14.7. The van der Waals surface area contributed by atoms with Crippen LogP contribution >= 0.6 is 0 Å². The van der Waals surface area contributed by atoms with E-state index >= 15 is 0 Å². The standard InChI is InChI=1S/C16H31N5O3/c1-10(2)13(14(19)22)20-15(23)12-7-5-9-21(12)16(24)11(18)6-3-4-8-17/h10-13H,3-9,17-18H2,1-2H3,(H2,19,22)(H,20,23)/t11-,12-,13+/m1/s1. The molecule has 24 heavy (non-hydrogen) atoms. The van der Waals surface area contributed by atoms with Gasteiger partial charge in [-0.15, -0.1) is 0 Å². The number of likely N-dealkylation sites (tertiary alicyclic amines) is 1. The Morgan fingerprint density at radius 1 is 1.25 bits per heavy atom. The Morgan fingerprint density at radius 2 is 1.92 bits per heavy atom. The first-order chi connectivity index (χ1) is 11.3. The highest BCUT2D eigenvalue weighted by molar-refractivity contribution is 5.93. The zero-order valence-electron chi connectivity index (χ0n) is 14.7. The molecule has 1 saturated heterocycles. The van der Waals surface area contributed by atoms with Crippen molar-refractivity contribution < 1.29 is 14.4 Å². The molecule has 1 fully saturated rings. The van der Waals surface area contributed by atoms with Gasteiger partial charge in [0, 0.05) is 6.54 Å². The number of nitrogens with one attached hydrogen (secondary N) is 1. The van der Waals surface area contributed by atoms with Crippen LogP contribution in [0.2, 0.25) is 0 Å². The molecule has 0 spiro atoms. The first kappa shape index (κ1) is 20.4. The third-order valence-electron chi connectivity index (χ3n) is 4.40. The van der Waals surface area contributed by atoms with Crippen LogP contribution in [-0.2, 0) is 14.4 Å². The molecule has 8 nitrogen and oxygen atoms in total. The minimum absolute atomic E-state index is 0.115. The fourth-order valence-corrected chi connectivity index (χ4v) is 2.96. The largest absolute Gasteiger partial charge is 0.368 e. The topological polar surface area (TPSA) is 145 Å². The molecular formula is C16H31N5O3. The molecule has 138 valence electrons. The monoisotopic (exact) mass is 341 g/mol. The minimum Gasteiger partial charge on any atom is -0.368 e. The van der Waals surface area contributed by atoms with Gasteiger partial charge in [0.2, 0.25) is 17.7 Å². The highest BCUT2D eigenvalue weighted by Crippen LogP contribution is 2.20. The molecule has 3 amide bonds. The highest BCUT2D eigenvalue weighted by atomic mass is 16.2. The SMILES string of the molecule is CC(C)[C@H](NC(=O)[C@H]1CCCN1C(=O)[C@H](N)CCCCN)C(N)=O. The lowest BCUT2D eigenvalue weighted by Gasteiger charge is -2.28. The van der Waals surface area contributed by atoms with E-state index in [1.54, 1.807) is 13.8 Å². The Kier molecular flexibility index (Phi) is 8.14. The smallest absolute Gasteiger partial charge is 0.243 e. The fourth-order valence-electron chi connectivity index (χ4n) is 2.96. The average Bonchev–Trinajstić information content (AvgIpc) is 3.00. The predicted molar refractivity (Wildman–Crippen MR) is 91.6 cm³/mol. The van der Waals surface area contributed by atoms with E-state index in [4.69, 9.17) is 17.2 Å². The number of carbonyl (C=O) groups is 3. The number of nitrogens with two attached hydrogens (primary N) is 3. The number of amides is 3. The lowest BCUT2D eigenvalue weighted by Crippen LogP contribution is -2.55. The lowest BCUT2D eigenvalue weighted by molar-refractivity contribution is -0.140. The summed E-state index contributed by atoms with van der Waals surface area (Å²) >= 11 is 0. The molecule has 1 rings (SSSR count). The predicted octanol–water partition coefficient (Wildman–Crippen LogP) is -0.940. The summed E-state index contributed by atoms with van der Waals surface area (Å²) in [4.78, 5) is 38.0. The van der Waals surface area contributed by atoms with Crippen LogP contribution in [0, 0.1) is 5.92 Å². The summed E-state index contributed by atoms with van der Waals surface area (Å²) in [6.45, 7) is 4.69. The molecule has 1 heterocycles. The maximum atomic E-state index is 12.5. The molecule has 0 aromatic rings. The van der Waals surface area contributed by atoms with Gasteiger partial charge >= 0.3 is 0 Å². The van der Waals surface area contributed by atoms with Gasteiger partial charge in [0.05, 0.1) is 6.04 Å². The summed E-state index contributed by atoms with van der Waals surface area (Å²) in [5.74, 6) is -1.25. The van der Waals surface area contributed by atoms with E-state index in [0.29, 0.717) is 25.9 Å². The Bertz CT molecular complexity index is 455. The third-order valence-corrected chi connectivity index (χ3v) is 4.40. The molecule has 3 atom stereocenters. The number of carbonyl (C=O) groups excluding carboxylic acids is 3. The summed E-state index contributed by atoms with van der Waals surface area (Å²) < 4.78 is 0. The minimum atomic E-state index is -0.742. The van der Waals surface area contributed by atoms with Crippen LogP contribution in [0.1, 0.15) is 46.0 Å². The van der Waals surface area contributed by atoms with Gasteiger partial charge in [-0.2, -0.15) is 0 Å². The summed E-state index contributed by atoms with van der Waals surface area (Å²) in [6.07, 6.45) is 3.46. The second-order valence-corrected chi connectivity index (χ2v) is 6.71. The number of nitrogens with zero attached hydrogens (tertiary/aromatic N) is 1. The number of primary amides is 1. The van der Waals surface area contributed by atoms with E-state index in [9.17, 15) is 14.4 Å². The first-order valence-electron chi connectivity index (χ1n) is 8.65. The molecule has 8 heteroatoms. The first-order valence-corrected chi connectivity index (χ1v) is 8.65. The lowest BCUT2D eigenvalue weighted by atomic mass is 10.0. The van der Waals surface area contributed by atoms with Crippen molar-refractivity contribution in [3.05, 3.63) is 0 Å². The second kappa shape index (κ2) is 9.58. The van der Waals surface area contributed by atoms with Gasteiger partial charge in [-0.05, 0) is 38.1 Å². The van der Waals surface area contributed by atoms with Gasteiger partial charge < -0.3 is 27.4 Å². The van der Waals surface area contributed by atoms with E-state index in [-0.39, 0.29) is 17.7 Å². The van der Waals surface area contributed by atoms with E-state index in [1.807, 2.05) is 0 Å². The van der Waals surface area contributed by atoms with Crippen LogP contribution in [0.3, 0.4) is 0 Å². The van der Waals surface area contributed by atoms with Gasteiger partial charge in [0.15, 0.2) is 0 Å². The number of rotatable bonds is 9. The van der Waals surface area contributed by atoms with Crippen molar-refractivity contribution in [2.45, 2.75) is 64.1 Å². The van der Waals surface area contributed by atoms with Gasteiger partial charge in [0.25, 0.3) is 0 Å². The van der Waals surface area contributed by atoms with Crippen LogP contribution in [0.15, 0.2) is 0 Å². The molecule has 1 aliphatic heterocycles. The Hall–Kier alpha value is -1.67. The molecule has 0 bridgehead atoms. The van der Waals surface area contributed by atoms with E-state index in [0.717, 1.165) is 19.3 Å². The van der Waals surface area contributed by atoms with Gasteiger partial charge in [0.1, 0.15) is 12.1 Å². The molecular weight excluding hydrogens is 310 g/mol. The molecule has 1 aliphatic rings. The number of hydrogen-bond donors (Lipinski definition) is 4. The van der Waals surface area contributed by atoms with E-state index in [1.165, 1.54) is 4.90 Å². The van der Waals surface area contributed by atoms with Crippen molar-refractivity contribution in [1.29, 1.82) is 0 Å². The highest BCUT2D eigenvalue weighted by Gasteiger charge is 2.37. The number of hydrogen-bond acceptors (Lipinski definition) is 5. The van der Waals surface area contributed by atoms with Crippen LogP contribution in [0.5, 0.6) is 0 Å². The zero-order chi connectivity index (χ0) is 18.3. The Morgan fingerprint density at radius 3 is 2.46 bits per heavy atom. The van der Waals surface area contributed by atoms with Crippen LogP contribution in [0.4, 0.5) is 0 Å². The molecule has 0 unspecified atom stereocenters. The summed E-state index contributed by atoms with van der Waals surface area (Å²) in [7, 11) is 0. The maximum Gasteiger partial charge on any atom is 0.243 e. The fraction of sp³-hybridized carbons (Fsp3) is 0.812. The Balaban J connectivity index is 2.68. The van der Waals surface area contributed by atoms with Crippen molar-refractivity contribution in [2.24, 2.45) is 23.1 Å². The summed E-state index contributed by atoms with van der Waals surface area (Å²) in [6, 6.07) is -1.95. The van der Waals surface area contributed by atoms with Gasteiger partial charge in [-0.3, -0.25) is 14.4 Å². The van der Waals surface area contributed by atoms with Crippen molar-refractivity contribution in [3.8, 4) is 0 Å². The van der Waals surface area contributed by atoms with Crippen LogP contribution < -0.4 is 22.5 Å². The third kappa shape index (κ3) is 5.45. The van der Waals surface area contributed by atoms with Crippen molar-refractivity contribution in [2.75, 3.05) is 13.1 Å². The normalized spacial score (nSPS) is 20.0. The summed E-state index contributed by atoms with van der Waals surface area (Å²) in [5, 5.41) is 2.67. The maximum absolute atomic E-state index is 12.5. The Labute approximate surface area is 143 Å². The van der Waals surface area contributed by atoms with Crippen molar-refractivity contribution in [3.63, 3.8) is 0 Å². The second-order valence-electron chi connectivity index (χ2n) is 6.71. The van der Waals surface area contributed by atoms with Crippen LogP contribution in [0.25, 0.3) is 0 Å². The molecule has 0 aromatic heterocycles. The molecule has 0 aliphatic carbocycles. The van der Waals surface area contributed by atoms with Gasteiger partial charge in [-0.25, -0.2) is 0 Å². The van der Waals surface area contributed by atoms with E-state index < -0.39 is 24.0 Å². The van der Waals surface area contributed by atoms with Crippen LogP contribution in [-0.4, -0.2) is 53.8 Å². The average molecular weight is 341 g/mol. The quantitative estimate of drug-likeness (QED) is 0.400. The number of unbranched alkanes of at least 4 members (excludes halogenated alkanes) is 1. The summed E-state index contributed by atoms with van der Waals surface area (Å²) in [5.41, 5.74) is 16.7. The molecule has 0 aromatic carbocycles. The molecule has 7 N–H and O–H groups in total. The van der Waals surface area contributed by atoms with Crippen molar-refractivity contribution in [1.82, 2.24) is 10.2 Å². The molecule has 0 saturated carbocycles. The van der Waals surface area contributed by atoms with Gasteiger partial charge in [-0.1, -0.05) is 20.3 Å².